The zero-order chi connectivity index (χ0) is 29.2. The molecule has 0 saturated heterocycles. The summed E-state index contributed by atoms with van der Waals surface area (Å²) in [5, 5.41) is 2.88. The minimum atomic E-state index is -4.54. The van der Waals surface area contributed by atoms with Crippen LogP contribution in [0, 0.1) is 18.6 Å². The van der Waals surface area contributed by atoms with Crippen molar-refractivity contribution in [3.05, 3.63) is 47.4 Å². The predicted octanol–water partition coefficient (Wildman–Crippen LogP) is 4.60. The maximum absolute atomic E-state index is 13.8. The lowest BCUT2D eigenvalue weighted by molar-refractivity contribution is -0.144. The largest absolute Gasteiger partial charge is 0.408 e. The molecule has 0 spiro atoms. The second-order valence-corrected chi connectivity index (χ2v) is 11.1. The summed E-state index contributed by atoms with van der Waals surface area (Å²) in [6.07, 6.45) is 2.67. The van der Waals surface area contributed by atoms with E-state index in [9.17, 15) is 18.0 Å². The molecule has 1 saturated carbocycles. The summed E-state index contributed by atoms with van der Waals surface area (Å²) < 4.78 is 49.1. The van der Waals surface area contributed by atoms with Crippen LogP contribution in [0.3, 0.4) is 0 Å². The summed E-state index contributed by atoms with van der Waals surface area (Å²) >= 11 is 0. The molecule has 10 nitrogen and oxygen atoms in total. The van der Waals surface area contributed by atoms with E-state index in [1.54, 1.807) is 38.4 Å². The Morgan fingerprint density at radius 3 is 2.52 bits per heavy atom. The van der Waals surface area contributed by atoms with Crippen LogP contribution in [0.4, 0.5) is 24.7 Å². The highest BCUT2D eigenvalue weighted by molar-refractivity contribution is 7.85. The van der Waals surface area contributed by atoms with Crippen molar-refractivity contribution < 1.29 is 18.0 Å². The highest BCUT2D eigenvalue weighted by atomic mass is 32.2. The smallest absolute Gasteiger partial charge is 0.362 e. The quantitative estimate of drug-likeness (QED) is 0.216. The molecular formula is C26H30F3N9OS. The molecule has 3 aromatic heterocycles. The number of aryl methyl sites for hydroxylation is 2. The van der Waals surface area contributed by atoms with Crippen molar-refractivity contribution in [3.63, 3.8) is 0 Å². The summed E-state index contributed by atoms with van der Waals surface area (Å²) in [6.45, 7) is 4.57. The number of alkyl halides is 3. The molecule has 3 heterocycles. The average Bonchev–Trinajstić information content (AvgIpc) is 3.76. The molecule has 212 valence electrons. The van der Waals surface area contributed by atoms with E-state index in [0.29, 0.717) is 28.9 Å². The number of nitrogens with one attached hydrogen (secondary N) is 2. The Balaban J connectivity index is 1.77. The average molecular weight is 574 g/mol. The van der Waals surface area contributed by atoms with Crippen LogP contribution in [0.15, 0.2) is 34.5 Å². The van der Waals surface area contributed by atoms with Crippen molar-refractivity contribution in [3.8, 4) is 11.4 Å². The lowest BCUT2D eigenvalue weighted by atomic mass is 10.1. The lowest BCUT2D eigenvalue weighted by Crippen LogP contribution is -2.41. The maximum Gasteiger partial charge on any atom is 0.408 e. The van der Waals surface area contributed by atoms with Gasteiger partial charge >= 0.3 is 6.18 Å². The van der Waals surface area contributed by atoms with Crippen molar-refractivity contribution in [1.82, 2.24) is 30.2 Å². The molecule has 4 rings (SSSR count). The zero-order valence-electron chi connectivity index (χ0n) is 22.7. The van der Waals surface area contributed by atoms with E-state index in [1.807, 2.05) is 0 Å². The van der Waals surface area contributed by atoms with Crippen LogP contribution >= 0.6 is 0 Å². The van der Waals surface area contributed by atoms with Gasteiger partial charge in [-0.25, -0.2) is 24.9 Å². The first-order valence-corrected chi connectivity index (χ1v) is 14.1. The standard InChI is InChI=1S/C26H30F3N9OS/c1-14-21(23(17-6-7-17)34-13-33-14)24-35-15(2)22(25(37-24)38(4)16(3)26(27,28)29)36-20(12-39)32-10-18-8-9-19(11-31-18)40(5)30/h8-9,11-13,16-17,30H,6-7,10H2,1-5H3,(H,32,36). The van der Waals surface area contributed by atoms with Gasteiger partial charge in [0.05, 0.1) is 34.9 Å². The molecule has 0 radical (unpaired) electrons. The van der Waals surface area contributed by atoms with E-state index >= 15 is 0 Å². The van der Waals surface area contributed by atoms with Crippen LogP contribution in [-0.4, -0.2) is 62.6 Å². The third-order valence-corrected chi connectivity index (χ3v) is 7.58. The molecule has 0 aliphatic heterocycles. The Morgan fingerprint density at radius 2 is 1.95 bits per heavy atom. The number of carbonyl (C=O) groups is 1. The van der Waals surface area contributed by atoms with Crippen LogP contribution in [-0.2, 0) is 22.0 Å². The Labute approximate surface area is 232 Å². The molecule has 0 amide bonds. The minimum Gasteiger partial charge on any atom is -0.362 e. The molecule has 0 aromatic carbocycles. The third kappa shape index (κ3) is 6.49. The fourth-order valence-corrected chi connectivity index (χ4v) is 4.47. The number of aliphatic imine (C=N–C) groups is 1. The number of hydrogen-bond donors (Lipinski definition) is 2. The Bertz CT molecular complexity index is 1460. The van der Waals surface area contributed by atoms with Crippen LogP contribution in [0.2, 0.25) is 0 Å². The lowest BCUT2D eigenvalue weighted by Gasteiger charge is -2.29. The Morgan fingerprint density at radius 1 is 1.23 bits per heavy atom. The third-order valence-electron chi connectivity index (χ3n) is 6.63. The fourth-order valence-electron chi connectivity index (χ4n) is 3.98. The van der Waals surface area contributed by atoms with Gasteiger partial charge in [-0.2, -0.15) is 13.2 Å². The van der Waals surface area contributed by atoms with E-state index in [2.05, 4.69) is 35.2 Å². The van der Waals surface area contributed by atoms with E-state index in [4.69, 9.17) is 4.78 Å². The molecule has 40 heavy (non-hydrogen) atoms. The monoisotopic (exact) mass is 573 g/mol. The first-order chi connectivity index (χ1) is 18.9. The van der Waals surface area contributed by atoms with E-state index in [-0.39, 0.29) is 35.6 Å². The summed E-state index contributed by atoms with van der Waals surface area (Å²) in [6, 6.07) is 1.62. The molecule has 1 aliphatic rings. The Hall–Kier alpha value is -3.81. The van der Waals surface area contributed by atoms with Gasteiger partial charge in [0, 0.05) is 24.1 Å². The first kappa shape index (κ1) is 29.2. The number of rotatable bonds is 9. The van der Waals surface area contributed by atoms with E-state index < -0.39 is 22.9 Å². The highest BCUT2D eigenvalue weighted by Gasteiger charge is 2.40. The van der Waals surface area contributed by atoms with Gasteiger partial charge in [0.2, 0.25) is 0 Å². The maximum atomic E-state index is 13.8. The second-order valence-electron chi connectivity index (χ2n) is 9.59. The summed E-state index contributed by atoms with van der Waals surface area (Å²) in [5.41, 5.74) is 2.92. The van der Waals surface area contributed by atoms with Gasteiger partial charge in [-0.3, -0.25) is 14.6 Å². The minimum absolute atomic E-state index is 0.0342. The molecule has 1 aliphatic carbocycles. The second kappa shape index (κ2) is 11.7. The van der Waals surface area contributed by atoms with Crippen LogP contribution < -0.4 is 10.2 Å². The number of anilines is 1. The SMILES string of the molecule is Cc1nc(-c2c(C)ncnc2C2CC2)nc(N(C)C(C)C(F)(F)F)c1/N=C(\C=O)NCc1ccc(S(C)=N)cn1. The van der Waals surface area contributed by atoms with Gasteiger partial charge in [-0.05, 0) is 52.0 Å². The normalized spacial score (nSPS) is 15.4. The molecule has 2 atom stereocenters. The molecule has 14 heteroatoms. The molecular weight excluding hydrogens is 543 g/mol. The number of nitrogens with zero attached hydrogens (tertiary/aromatic N) is 7. The topological polar surface area (TPSA) is 133 Å². The van der Waals surface area contributed by atoms with Gasteiger partial charge in [0.1, 0.15) is 18.1 Å². The summed E-state index contributed by atoms with van der Waals surface area (Å²) in [5.74, 6) is 0.244. The number of pyridine rings is 1. The van der Waals surface area contributed by atoms with Crippen molar-refractivity contribution in [2.45, 2.75) is 63.2 Å². The molecule has 1 fully saturated rings. The number of aldehydes is 1. The highest BCUT2D eigenvalue weighted by Crippen LogP contribution is 2.44. The predicted molar refractivity (Wildman–Crippen MR) is 147 cm³/mol. The van der Waals surface area contributed by atoms with Gasteiger partial charge in [0.15, 0.2) is 23.8 Å². The zero-order valence-corrected chi connectivity index (χ0v) is 23.6. The molecule has 2 N–H and O–H groups in total. The molecule has 3 aromatic rings. The number of hydrogen-bond acceptors (Lipinski definition) is 9. The number of halogens is 3. The van der Waals surface area contributed by atoms with Crippen molar-refractivity contribution in [1.29, 1.82) is 4.78 Å². The molecule has 0 bridgehead atoms. The van der Waals surface area contributed by atoms with Gasteiger partial charge in [-0.1, -0.05) is 10.7 Å². The molecule has 2 unspecified atom stereocenters. The van der Waals surface area contributed by atoms with E-state index in [0.717, 1.165) is 35.3 Å². The Kier molecular flexibility index (Phi) is 8.57. The van der Waals surface area contributed by atoms with E-state index in [1.165, 1.54) is 13.4 Å². The van der Waals surface area contributed by atoms with Crippen LogP contribution in [0.1, 0.15) is 48.5 Å². The van der Waals surface area contributed by atoms with Crippen LogP contribution in [0.25, 0.3) is 11.4 Å². The summed E-state index contributed by atoms with van der Waals surface area (Å²) in [7, 11) is 0.598. The van der Waals surface area contributed by atoms with Gasteiger partial charge < -0.3 is 10.2 Å². The van der Waals surface area contributed by atoms with Gasteiger partial charge in [0.25, 0.3) is 0 Å². The number of amidine groups is 1. The number of aromatic nitrogens is 5. The number of carbonyl (C=O) groups excluding carboxylic acids is 1. The first-order valence-electron chi connectivity index (χ1n) is 12.5. The summed E-state index contributed by atoms with van der Waals surface area (Å²) in [4.78, 5) is 40.2. The fraction of sp³-hybridized carbons (Fsp3) is 0.423. The van der Waals surface area contributed by atoms with Crippen molar-refractivity contribution in [2.24, 2.45) is 4.99 Å². The van der Waals surface area contributed by atoms with Gasteiger partial charge in [-0.15, -0.1) is 0 Å². The van der Waals surface area contributed by atoms with Crippen LogP contribution in [0.5, 0.6) is 0 Å². The van der Waals surface area contributed by atoms with Crippen molar-refractivity contribution >= 4 is 34.3 Å². The van der Waals surface area contributed by atoms with Crippen molar-refractivity contribution in [2.75, 3.05) is 18.2 Å².